The molecule has 0 radical (unpaired) electrons. The van der Waals surface area contributed by atoms with Crippen LogP contribution in [0.25, 0.3) is 0 Å². The van der Waals surface area contributed by atoms with Gasteiger partial charge >= 0.3 is 5.97 Å². The molecule has 0 fully saturated rings. The summed E-state index contributed by atoms with van der Waals surface area (Å²) in [6.07, 6.45) is 0.913. The highest BCUT2D eigenvalue weighted by molar-refractivity contribution is 5.83. The lowest BCUT2D eigenvalue weighted by atomic mass is 9.77. The molecule has 1 atom stereocenters. The third kappa shape index (κ3) is 2.88. The SMILES string of the molecule is CC(C)COC(=O)[C@]1(C)NC(C)(C)Cc2ccccc21. The molecule has 0 spiro atoms. The topological polar surface area (TPSA) is 38.3 Å². The first-order chi connectivity index (χ1) is 9.24. The van der Waals surface area contributed by atoms with Gasteiger partial charge in [-0.2, -0.15) is 0 Å². The van der Waals surface area contributed by atoms with Crippen LogP contribution in [-0.4, -0.2) is 18.1 Å². The van der Waals surface area contributed by atoms with Crippen LogP contribution in [0.15, 0.2) is 24.3 Å². The molecule has 0 amide bonds. The Kier molecular flexibility index (Phi) is 3.92. The first-order valence-electron chi connectivity index (χ1n) is 7.29. The molecule has 0 bridgehead atoms. The number of ether oxygens (including phenoxy) is 1. The molecular formula is C17H25NO2. The zero-order valence-electron chi connectivity index (χ0n) is 13.1. The molecule has 1 N–H and O–H groups in total. The summed E-state index contributed by atoms with van der Waals surface area (Å²) in [6, 6.07) is 8.13. The second-order valence-electron chi connectivity index (χ2n) is 6.96. The van der Waals surface area contributed by atoms with Crippen molar-refractivity contribution in [1.29, 1.82) is 0 Å². The van der Waals surface area contributed by atoms with Crippen LogP contribution in [0.2, 0.25) is 0 Å². The summed E-state index contributed by atoms with van der Waals surface area (Å²) in [5, 5.41) is 3.47. The van der Waals surface area contributed by atoms with E-state index in [1.54, 1.807) is 0 Å². The zero-order valence-corrected chi connectivity index (χ0v) is 13.1. The number of hydrogen-bond donors (Lipinski definition) is 1. The number of esters is 1. The van der Waals surface area contributed by atoms with Crippen LogP contribution < -0.4 is 5.32 Å². The molecule has 2 rings (SSSR count). The van der Waals surface area contributed by atoms with Crippen LogP contribution in [0.4, 0.5) is 0 Å². The minimum absolute atomic E-state index is 0.125. The summed E-state index contributed by atoms with van der Waals surface area (Å²) < 4.78 is 5.49. The average molecular weight is 275 g/mol. The Balaban J connectivity index is 2.36. The first-order valence-corrected chi connectivity index (χ1v) is 7.29. The van der Waals surface area contributed by atoms with E-state index >= 15 is 0 Å². The summed E-state index contributed by atoms with van der Waals surface area (Å²) in [6.45, 7) is 10.7. The van der Waals surface area contributed by atoms with Crippen molar-refractivity contribution in [1.82, 2.24) is 5.32 Å². The number of hydrogen-bond acceptors (Lipinski definition) is 3. The highest BCUT2D eigenvalue weighted by atomic mass is 16.5. The molecular weight excluding hydrogens is 250 g/mol. The molecule has 1 heterocycles. The van der Waals surface area contributed by atoms with Crippen molar-refractivity contribution < 1.29 is 9.53 Å². The van der Waals surface area contributed by atoms with Crippen molar-refractivity contribution >= 4 is 5.97 Å². The van der Waals surface area contributed by atoms with E-state index in [1.165, 1.54) is 5.56 Å². The standard InChI is InChI=1S/C17H25NO2/c1-12(2)11-20-15(19)17(5)14-9-7-6-8-13(14)10-16(3,4)18-17/h6-9,12,18H,10-11H2,1-5H3/t17-/m1/s1. The van der Waals surface area contributed by atoms with Crippen LogP contribution in [0.3, 0.4) is 0 Å². The highest BCUT2D eigenvalue weighted by Gasteiger charge is 2.45. The van der Waals surface area contributed by atoms with Crippen LogP contribution in [0.1, 0.15) is 45.7 Å². The van der Waals surface area contributed by atoms with E-state index in [0.717, 1.165) is 12.0 Å². The maximum absolute atomic E-state index is 12.6. The van der Waals surface area contributed by atoms with E-state index in [1.807, 2.05) is 39.0 Å². The second kappa shape index (κ2) is 5.21. The molecule has 0 saturated carbocycles. The van der Waals surface area contributed by atoms with E-state index in [4.69, 9.17) is 4.74 Å². The van der Waals surface area contributed by atoms with Gasteiger partial charge < -0.3 is 4.74 Å². The second-order valence-corrected chi connectivity index (χ2v) is 6.96. The van der Waals surface area contributed by atoms with E-state index in [9.17, 15) is 4.79 Å². The number of carbonyl (C=O) groups excluding carboxylic acids is 1. The minimum atomic E-state index is -0.771. The Bertz CT molecular complexity index is 507. The fraction of sp³-hybridized carbons (Fsp3) is 0.588. The number of carbonyl (C=O) groups is 1. The molecule has 0 unspecified atom stereocenters. The summed E-state index contributed by atoms with van der Waals surface area (Å²) in [5.74, 6) is 0.154. The van der Waals surface area contributed by atoms with Crippen molar-refractivity contribution in [3.8, 4) is 0 Å². The Morgan fingerprint density at radius 1 is 1.30 bits per heavy atom. The van der Waals surface area contributed by atoms with Crippen LogP contribution in [-0.2, 0) is 21.5 Å². The molecule has 3 nitrogen and oxygen atoms in total. The summed E-state index contributed by atoms with van der Waals surface area (Å²) in [7, 11) is 0. The van der Waals surface area contributed by atoms with Gasteiger partial charge in [0.1, 0.15) is 5.54 Å². The number of benzene rings is 1. The minimum Gasteiger partial charge on any atom is -0.464 e. The van der Waals surface area contributed by atoms with Crippen LogP contribution in [0.5, 0.6) is 0 Å². The third-order valence-corrected chi connectivity index (χ3v) is 3.73. The van der Waals surface area contributed by atoms with E-state index in [2.05, 4.69) is 25.2 Å². The van der Waals surface area contributed by atoms with Crippen molar-refractivity contribution in [3.05, 3.63) is 35.4 Å². The van der Waals surface area contributed by atoms with Gasteiger partial charge in [0.15, 0.2) is 0 Å². The molecule has 1 aromatic rings. The summed E-state index contributed by atoms with van der Waals surface area (Å²) in [4.78, 5) is 12.6. The van der Waals surface area contributed by atoms with Gasteiger partial charge in [-0.15, -0.1) is 0 Å². The molecule has 3 heteroatoms. The Labute approximate surface area is 121 Å². The molecule has 1 aliphatic heterocycles. The Morgan fingerprint density at radius 3 is 2.60 bits per heavy atom. The normalized spacial score (nSPS) is 24.3. The smallest absolute Gasteiger partial charge is 0.330 e. The lowest BCUT2D eigenvalue weighted by Crippen LogP contribution is -2.60. The van der Waals surface area contributed by atoms with Gasteiger partial charge in [0.05, 0.1) is 6.61 Å². The van der Waals surface area contributed by atoms with Gasteiger partial charge in [0, 0.05) is 5.54 Å². The fourth-order valence-corrected chi connectivity index (χ4v) is 2.97. The van der Waals surface area contributed by atoms with Crippen molar-refractivity contribution in [3.63, 3.8) is 0 Å². The maximum Gasteiger partial charge on any atom is 0.330 e. The molecule has 20 heavy (non-hydrogen) atoms. The van der Waals surface area contributed by atoms with Crippen LogP contribution in [0, 0.1) is 5.92 Å². The van der Waals surface area contributed by atoms with Gasteiger partial charge in [-0.25, -0.2) is 4.79 Å². The van der Waals surface area contributed by atoms with Gasteiger partial charge in [0.2, 0.25) is 0 Å². The quantitative estimate of drug-likeness (QED) is 0.862. The summed E-state index contributed by atoms with van der Waals surface area (Å²) >= 11 is 0. The molecule has 1 aromatic carbocycles. The van der Waals surface area contributed by atoms with Crippen LogP contribution >= 0.6 is 0 Å². The fourth-order valence-electron chi connectivity index (χ4n) is 2.97. The van der Waals surface area contributed by atoms with E-state index in [0.29, 0.717) is 12.5 Å². The third-order valence-electron chi connectivity index (χ3n) is 3.73. The van der Waals surface area contributed by atoms with Crippen molar-refractivity contribution in [2.45, 2.75) is 52.1 Å². The average Bonchev–Trinajstić information content (AvgIpc) is 2.34. The van der Waals surface area contributed by atoms with E-state index < -0.39 is 5.54 Å². The lowest BCUT2D eigenvalue weighted by Gasteiger charge is -2.44. The molecule has 0 saturated heterocycles. The molecule has 0 aromatic heterocycles. The lowest BCUT2D eigenvalue weighted by molar-refractivity contribution is -0.154. The maximum atomic E-state index is 12.6. The number of fused-ring (bicyclic) bond motifs is 1. The molecule has 0 aliphatic carbocycles. The monoisotopic (exact) mass is 275 g/mol. The Hall–Kier alpha value is -1.35. The van der Waals surface area contributed by atoms with Crippen molar-refractivity contribution in [2.24, 2.45) is 5.92 Å². The highest BCUT2D eigenvalue weighted by Crippen LogP contribution is 2.35. The predicted molar refractivity (Wildman–Crippen MR) is 80.5 cm³/mol. The van der Waals surface area contributed by atoms with Gasteiger partial charge in [-0.3, -0.25) is 5.32 Å². The predicted octanol–water partition coefficient (Wildman–Crippen LogP) is 3.03. The molecule has 1 aliphatic rings. The molecule has 110 valence electrons. The Morgan fingerprint density at radius 2 is 1.95 bits per heavy atom. The first kappa shape index (κ1) is 15.0. The van der Waals surface area contributed by atoms with E-state index in [-0.39, 0.29) is 11.5 Å². The van der Waals surface area contributed by atoms with Gasteiger partial charge in [-0.05, 0) is 44.2 Å². The largest absolute Gasteiger partial charge is 0.464 e. The number of rotatable bonds is 3. The summed E-state index contributed by atoms with van der Waals surface area (Å²) in [5.41, 5.74) is 1.36. The van der Waals surface area contributed by atoms with Crippen molar-refractivity contribution in [2.75, 3.05) is 6.61 Å². The van der Waals surface area contributed by atoms with Gasteiger partial charge in [0.25, 0.3) is 0 Å². The van der Waals surface area contributed by atoms with Gasteiger partial charge in [-0.1, -0.05) is 38.1 Å². The zero-order chi connectivity index (χ0) is 15.0. The number of nitrogens with one attached hydrogen (secondary N) is 1.